The summed E-state index contributed by atoms with van der Waals surface area (Å²) in [5.41, 5.74) is 1.37. The zero-order valence-corrected chi connectivity index (χ0v) is 16.0. The van der Waals surface area contributed by atoms with Crippen molar-refractivity contribution in [1.29, 1.82) is 0 Å². The summed E-state index contributed by atoms with van der Waals surface area (Å²) in [5.74, 6) is 1.97. The first-order chi connectivity index (χ1) is 11.8. The molecular weight excluding hydrogens is 310 g/mol. The van der Waals surface area contributed by atoms with Crippen LogP contribution in [-0.2, 0) is 16.0 Å². The Kier molecular flexibility index (Phi) is 3.79. The van der Waals surface area contributed by atoms with Gasteiger partial charge in [-0.3, -0.25) is 9.78 Å². The lowest BCUT2D eigenvalue weighted by atomic mass is 9.64. The molecule has 0 amide bonds. The van der Waals surface area contributed by atoms with Gasteiger partial charge < -0.3 is 4.74 Å². The zero-order chi connectivity index (χ0) is 17.9. The summed E-state index contributed by atoms with van der Waals surface area (Å²) in [6, 6.07) is 3.81. The van der Waals surface area contributed by atoms with Gasteiger partial charge in [0.2, 0.25) is 0 Å². The van der Waals surface area contributed by atoms with E-state index in [0.29, 0.717) is 17.8 Å². The summed E-state index contributed by atoms with van der Waals surface area (Å²) in [6.45, 7) is 9.51. The molecule has 2 bridgehead atoms. The fourth-order valence-electron chi connectivity index (χ4n) is 6.95. The van der Waals surface area contributed by atoms with Crippen molar-refractivity contribution in [2.45, 2.75) is 71.8 Å². The van der Waals surface area contributed by atoms with E-state index in [2.05, 4.69) is 32.7 Å². The number of hydrogen-bond donors (Lipinski definition) is 0. The zero-order valence-electron chi connectivity index (χ0n) is 16.0. The monoisotopic (exact) mass is 341 g/mol. The lowest BCUT2D eigenvalue weighted by Crippen LogP contribution is -2.47. The van der Waals surface area contributed by atoms with Crippen LogP contribution in [-0.4, -0.2) is 16.6 Å². The minimum Gasteiger partial charge on any atom is -0.459 e. The van der Waals surface area contributed by atoms with Crippen LogP contribution in [0.1, 0.15) is 65.4 Å². The third-order valence-electron chi connectivity index (χ3n) is 8.19. The van der Waals surface area contributed by atoms with Gasteiger partial charge in [-0.2, -0.15) is 0 Å². The van der Waals surface area contributed by atoms with Crippen molar-refractivity contribution in [3.05, 3.63) is 30.1 Å². The van der Waals surface area contributed by atoms with E-state index in [1.54, 1.807) is 12.4 Å². The van der Waals surface area contributed by atoms with Crippen molar-refractivity contribution >= 4 is 5.97 Å². The van der Waals surface area contributed by atoms with Crippen LogP contribution in [0, 0.1) is 28.6 Å². The number of nitrogens with zero attached hydrogens (tertiary/aromatic N) is 1. The summed E-state index contributed by atoms with van der Waals surface area (Å²) in [5, 5.41) is 0. The SMILES string of the molecule is C[C@@H]1CCC2C(C)(C)C3CC21CC[C@@]3(C)OC(=O)Cc1cccnc1. The first-order valence-corrected chi connectivity index (χ1v) is 9.89. The molecule has 4 rings (SSSR count). The van der Waals surface area contributed by atoms with Crippen molar-refractivity contribution in [3.63, 3.8) is 0 Å². The number of aromatic nitrogens is 1. The van der Waals surface area contributed by atoms with E-state index in [4.69, 9.17) is 4.74 Å². The maximum Gasteiger partial charge on any atom is 0.310 e. The summed E-state index contributed by atoms with van der Waals surface area (Å²) in [6.07, 6.45) is 10.0. The second-order valence-corrected chi connectivity index (χ2v) is 9.67. The van der Waals surface area contributed by atoms with Crippen LogP contribution in [0.3, 0.4) is 0 Å². The molecule has 3 heteroatoms. The smallest absolute Gasteiger partial charge is 0.310 e. The summed E-state index contributed by atoms with van der Waals surface area (Å²) in [7, 11) is 0. The van der Waals surface area contributed by atoms with Crippen molar-refractivity contribution < 1.29 is 9.53 Å². The summed E-state index contributed by atoms with van der Waals surface area (Å²) in [4.78, 5) is 16.7. The molecule has 3 saturated carbocycles. The predicted octanol–water partition coefficient (Wildman–Crippen LogP) is 4.80. The number of pyridine rings is 1. The highest BCUT2D eigenvalue weighted by Crippen LogP contribution is 2.73. The van der Waals surface area contributed by atoms with Gasteiger partial charge in [0.1, 0.15) is 5.60 Å². The fraction of sp³-hybridized carbons (Fsp3) is 0.727. The van der Waals surface area contributed by atoms with Crippen molar-refractivity contribution in [2.75, 3.05) is 0 Å². The van der Waals surface area contributed by atoms with E-state index in [0.717, 1.165) is 23.8 Å². The highest BCUT2D eigenvalue weighted by atomic mass is 16.6. The minimum atomic E-state index is -0.321. The van der Waals surface area contributed by atoms with E-state index in [9.17, 15) is 4.79 Å². The second kappa shape index (κ2) is 5.56. The standard InChI is InChI=1S/C22H31NO2/c1-15-7-8-17-20(2,3)18-13-22(15,17)10-9-21(18,4)25-19(24)12-16-6-5-11-23-14-16/h5-6,11,14-15,17-18H,7-10,12-13H2,1-4H3/t15-,17?,18?,21-,22?/m1/s1. The number of rotatable bonds is 3. The van der Waals surface area contributed by atoms with E-state index in [-0.39, 0.29) is 17.0 Å². The van der Waals surface area contributed by atoms with Crippen molar-refractivity contribution in [2.24, 2.45) is 28.6 Å². The van der Waals surface area contributed by atoms with Gasteiger partial charge in [0, 0.05) is 18.3 Å². The van der Waals surface area contributed by atoms with Gasteiger partial charge in [0.05, 0.1) is 6.42 Å². The van der Waals surface area contributed by atoms with Crippen molar-refractivity contribution in [3.8, 4) is 0 Å². The first kappa shape index (κ1) is 17.1. The lowest BCUT2D eigenvalue weighted by Gasteiger charge is -2.46. The van der Waals surface area contributed by atoms with Crippen LogP contribution in [0.5, 0.6) is 0 Å². The highest BCUT2D eigenvalue weighted by molar-refractivity contribution is 5.73. The Balaban J connectivity index is 1.54. The van der Waals surface area contributed by atoms with Gasteiger partial charge in [0.15, 0.2) is 0 Å². The van der Waals surface area contributed by atoms with Crippen LogP contribution >= 0.6 is 0 Å². The third kappa shape index (κ3) is 2.45. The van der Waals surface area contributed by atoms with E-state index >= 15 is 0 Å². The molecule has 1 heterocycles. The molecule has 1 spiro atoms. The number of fused-ring (bicyclic) bond motifs is 1. The quantitative estimate of drug-likeness (QED) is 0.741. The van der Waals surface area contributed by atoms with E-state index in [1.165, 1.54) is 25.7 Å². The van der Waals surface area contributed by atoms with Gasteiger partial charge in [-0.25, -0.2) is 0 Å². The number of carbonyl (C=O) groups excluding carboxylic acids is 1. The molecule has 1 aromatic rings. The number of esters is 1. The molecule has 0 aromatic carbocycles. The van der Waals surface area contributed by atoms with Crippen LogP contribution in [0.4, 0.5) is 0 Å². The Hall–Kier alpha value is -1.38. The van der Waals surface area contributed by atoms with Gasteiger partial charge >= 0.3 is 5.97 Å². The van der Waals surface area contributed by atoms with Crippen LogP contribution in [0.25, 0.3) is 0 Å². The molecule has 136 valence electrons. The summed E-state index contributed by atoms with van der Waals surface area (Å²) < 4.78 is 6.18. The van der Waals surface area contributed by atoms with E-state index in [1.807, 2.05) is 12.1 Å². The molecule has 0 N–H and O–H groups in total. The minimum absolute atomic E-state index is 0.104. The lowest BCUT2D eigenvalue weighted by molar-refractivity contribution is -0.172. The highest BCUT2D eigenvalue weighted by Gasteiger charge is 2.68. The second-order valence-electron chi connectivity index (χ2n) is 9.67. The molecule has 0 saturated heterocycles. The molecule has 3 aliphatic carbocycles. The topological polar surface area (TPSA) is 39.2 Å². The van der Waals surface area contributed by atoms with Gasteiger partial charge in [-0.1, -0.05) is 26.8 Å². The third-order valence-corrected chi connectivity index (χ3v) is 8.19. The molecule has 3 unspecified atom stereocenters. The Morgan fingerprint density at radius 3 is 2.76 bits per heavy atom. The Morgan fingerprint density at radius 1 is 1.24 bits per heavy atom. The molecule has 25 heavy (non-hydrogen) atoms. The normalized spacial score (nSPS) is 41.4. The Labute approximate surface area is 151 Å². The molecule has 0 radical (unpaired) electrons. The summed E-state index contributed by atoms with van der Waals surface area (Å²) >= 11 is 0. The Morgan fingerprint density at radius 2 is 2.04 bits per heavy atom. The molecule has 1 aromatic heterocycles. The van der Waals surface area contributed by atoms with Crippen LogP contribution in [0.15, 0.2) is 24.5 Å². The molecular formula is C22H31NO2. The predicted molar refractivity (Wildman–Crippen MR) is 97.9 cm³/mol. The average molecular weight is 341 g/mol. The van der Waals surface area contributed by atoms with Crippen LogP contribution in [0.2, 0.25) is 0 Å². The molecule has 5 atom stereocenters. The largest absolute Gasteiger partial charge is 0.459 e. The van der Waals surface area contributed by atoms with E-state index < -0.39 is 0 Å². The van der Waals surface area contributed by atoms with Gasteiger partial charge in [-0.05, 0) is 73.3 Å². The molecule has 0 aliphatic heterocycles. The maximum absolute atomic E-state index is 12.6. The van der Waals surface area contributed by atoms with Gasteiger partial charge in [-0.15, -0.1) is 0 Å². The average Bonchev–Trinajstić information content (AvgIpc) is 2.98. The van der Waals surface area contributed by atoms with Crippen LogP contribution < -0.4 is 0 Å². The molecule has 3 nitrogen and oxygen atoms in total. The molecule has 3 fully saturated rings. The first-order valence-electron chi connectivity index (χ1n) is 9.89. The van der Waals surface area contributed by atoms with Gasteiger partial charge in [0.25, 0.3) is 0 Å². The number of carbonyl (C=O) groups is 1. The maximum atomic E-state index is 12.6. The number of ether oxygens (including phenoxy) is 1. The Bertz CT molecular complexity index is 670. The van der Waals surface area contributed by atoms with Crippen molar-refractivity contribution in [1.82, 2.24) is 4.98 Å². The fourth-order valence-corrected chi connectivity index (χ4v) is 6.95. The molecule has 3 aliphatic rings. The number of hydrogen-bond acceptors (Lipinski definition) is 3.